The van der Waals surface area contributed by atoms with Crippen LogP contribution in [0.3, 0.4) is 0 Å². The Morgan fingerprint density at radius 2 is 2.29 bits per heavy atom. The molecule has 3 heteroatoms. The minimum absolute atomic E-state index is 0.613. The predicted molar refractivity (Wildman–Crippen MR) is 58.6 cm³/mol. The Morgan fingerprint density at radius 3 is 3.00 bits per heavy atom. The minimum Gasteiger partial charge on any atom is -0.376 e. The van der Waals surface area contributed by atoms with E-state index in [1.165, 1.54) is 0 Å². The van der Waals surface area contributed by atoms with Crippen LogP contribution in [-0.2, 0) is 11.3 Å². The van der Waals surface area contributed by atoms with E-state index in [4.69, 9.17) is 16.3 Å². The van der Waals surface area contributed by atoms with Crippen molar-refractivity contribution in [1.82, 2.24) is 4.98 Å². The van der Waals surface area contributed by atoms with E-state index in [0.29, 0.717) is 6.61 Å². The second-order valence-electron chi connectivity index (χ2n) is 3.14. The first kappa shape index (κ1) is 9.56. The van der Waals surface area contributed by atoms with E-state index in [1.54, 1.807) is 0 Å². The Kier molecular flexibility index (Phi) is 2.75. The average Bonchev–Trinajstić information content (AvgIpc) is 2.59. The maximum Gasteiger partial charge on any atom is 0.0865 e. The van der Waals surface area contributed by atoms with Gasteiger partial charge in [0.05, 0.1) is 17.1 Å². The van der Waals surface area contributed by atoms with Crippen molar-refractivity contribution in [2.75, 3.05) is 6.61 Å². The normalized spacial score (nSPS) is 11.0. The molecule has 0 radical (unpaired) electrons. The largest absolute Gasteiger partial charge is 0.376 e. The molecular weight excluding hydrogens is 198 g/mol. The van der Waals surface area contributed by atoms with Crippen LogP contribution in [0.4, 0.5) is 0 Å². The van der Waals surface area contributed by atoms with Gasteiger partial charge in [-0.25, -0.2) is 0 Å². The van der Waals surface area contributed by atoms with Crippen LogP contribution in [0.25, 0.3) is 10.9 Å². The van der Waals surface area contributed by atoms with Gasteiger partial charge in [-0.2, -0.15) is 0 Å². The summed E-state index contributed by atoms with van der Waals surface area (Å²) < 4.78 is 5.31. The van der Waals surface area contributed by atoms with E-state index in [2.05, 4.69) is 11.1 Å². The first-order valence-electron chi connectivity index (χ1n) is 4.65. The van der Waals surface area contributed by atoms with Crippen LogP contribution in [0.1, 0.15) is 12.6 Å². The highest BCUT2D eigenvalue weighted by Crippen LogP contribution is 2.23. The van der Waals surface area contributed by atoms with Crippen molar-refractivity contribution in [1.29, 1.82) is 0 Å². The molecule has 1 heterocycles. The van der Waals surface area contributed by atoms with Gasteiger partial charge in [0.1, 0.15) is 0 Å². The molecule has 2 nitrogen and oxygen atoms in total. The molecule has 2 aromatic rings. The molecule has 0 atom stereocenters. The number of halogens is 1. The Bertz CT molecular complexity index is 436. The molecule has 0 aliphatic rings. The summed E-state index contributed by atoms with van der Waals surface area (Å²) in [4.78, 5) is 3.24. The molecule has 1 N–H and O–H groups in total. The molecule has 0 bridgehead atoms. The monoisotopic (exact) mass is 209 g/mol. The van der Waals surface area contributed by atoms with Gasteiger partial charge in [0.25, 0.3) is 0 Å². The lowest BCUT2D eigenvalue weighted by atomic mass is 10.2. The van der Waals surface area contributed by atoms with Crippen LogP contribution >= 0.6 is 11.6 Å². The first-order valence-corrected chi connectivity index (χ1v) is 5.03. The maximum atomic E-state index is 6.03. The standard InChI is InChI=1S/C11H12ClNO/c1-2-14-7-9-6-8-4-3-5-10(12)11(8)13-9/h3-6,13H,2,7H2,1H3. The van der Waals surface area contributed by atoms with Gasteiger partial charge < -0.3 is 9.72 Å². The molecule has 0 saturated heterocycles. The molecule has 74 valence electrons. The van der Waals surface area contributed by atoms with Gasteiger partial charge >= 0.3 is 0 Å². The van der Waals surface area contributed by atoms with Crippen LogP contribution in [0, 0.1) is 0 Å². The fourth-order valence-corrected chi connectivity index (χ4v) is 1.70. The Labute approximate surface area is 87.8 Å². The number of hydrogen-bond acceptors (Lipinski definition) is 1. The van der Waals surface area contributed by atoms with Crippen molar-refractivity contribution in [3.63, 3.8) is 0 Å². The molecule has 0 aliphatic carbocycles. The molecule has 0 saturated carbocycles. The van der Waals surface area contributed by atoms with Crippen molar-refractivity contribution in [2.24, 2.45) is 0 Å². The molecule has 0 unspecified atom stereocenters. The second kappa shape index (κ2) is 4.03. The summed E-state index contributed by atoms with van der Waals surface area (Å²) in [6.45, 7) is 3.32. The van der Waals surface area contributed by atoms with Gasteiger partial charge in [0.15, 0.2) is 0 Å². The van der Waals surface area contributed by atoms with E-state index in [-0.39, 0.29) is 0 Å². The zero-order chi connectivity index (χ0) is 9.97. The predicted octanol–water partition coefficient (Wildman–Crippen LogP) is 3.36. The smallest absolute Gasteiger partial charge is 0.0865 e. The molecule has 0 amide bonds. The average molecular weight is 210 g/mol. The SMILES string of the molecule is CCOCc1cc2cccc(Cl)c2[nH]1. The van der Waals surface area contributed by atoms with Crippen molar-refractivity contribution in [3.8, 4) is 0 Å². The third-order valence-corrected chi connectivity index (χ3v) is 2.44. The van der Waals surface area contributed by atoms with Crippen LogP contribution in [0.2, 0.25) is 5.02 Å². The zero-order valence-electron chi connectivity index (χ0n) is 8.01. The number of fused-ring (bicyclic) bond motifs is 1. The number of benzene rings is 1. The summed E-state index contributed by atoms with van der Waals surface area (Å²) in [6, 6.07) is 7.93. The van der Waals surface area contributed by atoms with E-state index < -0.39 is 0 Å². The Morgan fingerprint density at radius 1 is 1.43 bits per heavy atom. The third-order valence-electron chi connectivity index (χ3n) is 2.12. The summed E-state index contributed by atoms with van der Waals surface area (Å²) in [7, 11) is 0. The highest BCUT2D eigenvalue weighted by molar-refractivity contribution is 6.35. The van der Waals surface area contributed by atoms with Gasteiger partial charge in [0, 0.05) is 17.7 Å². The molecule has 0 fully saturated rings. The van der Waals surface area contributed by atoms with Gasteiger partial charge in [-0.05, 0) is 19.1 Å². The van der Waals surface area contributed by atoms with Crippen molar-refractivity contribution < 1.29 is 4.74 Å². The van der Waals surface area contributed by atoms with E-state index >= 15 is 0 Å². The fourth-order valence-electron chi connectivity index (χ4n) is 1.47. The van der Waals surface area contributed by atoms with Gasteiger partial charge in [0.2, 0.25) is 0 Å². The molecular formula is C11H12ClNO. The van der Waals surface area contributed by atoms with E-state index in [0.717, 1.165) is 28.2 Å². The van der Waals surface area contributed by atoms with Crippen LogP contribution < -0.4 is 0 Å². The van der Waals surface area contributed by atoms with Gasteiger partial charge in [-0.15, -0.1) is 0 Å². The number of para-hydroxylation sites is 1. The lowest BCUT2D eigenvalue weighted by Gasteiger charge is -1.96. The van der Waals surface area contributed by atoms with E-state index in [1.807, 2.05) is 25.1 Å². The summed E-state index contributed by atoms with van der Waals surface area (Å²) >= 11 is 6.03. The van der Waals surface area contributed by atoms with Crippen molar-refractivity contribution in [2.45, 2.75) is 13.5 Å². The van der Waals surface area contributed by atoms with Crippen LogP contribution in [0.15, 0.2) is 24.3 Å². The summed E-state index contributed by atoms with van der Waals surface area (Å²) in [6.07, 6.45) is 0. The molecule has 1 aromatic carbocycles. The number of aromatic nitrogens is 1. The topological polar surface area (TPSA) is 25.0 Å². The van der Waals surface area contributed by atoms with Crippen LogP contribution in [-0.4, -0.2) is 11.6 Å². The first-order chi connectivity index (χ1) is 6.81. The van der Waals surface area contributed by atoms with Crippen LogP contribution in [0.5, 0.6) is 0 Å². The third kappa shape index (κ3) is 1.76. The number of hydrogen-bond donors (Lipinski definition) is 1. The molecule has 2 rings (SSSR count). The lowest BCUT2D eigenvalue weighted by Crippen LogP contribution is -1.90. The number of aromatic amines is 1. The quantitative estimate of drug-likeness (QED) is 0.824. The highest BCUT2D eigenvalue weighted by atomic mass is 35.5. The summed E-state index contributed by atoms with van der Waals surface area (Å²) in [5, 5.41) is 1.89. The molecule has 14 heavy (non-hydrogen) atoms. The minimum atomic E-state index is 0.613. The lowest BCUT2D eigenvalue weighted by molar-refractivity contribution is 0.132. The molecule has 1 aromatic heterocycles. The Balaban J connectivity index is 2.36. The van der Waals surface area contributed by atoms with E-state index in [9.17, 15) is 0 Å². The zero-order valence-corrected chi connectivity index (χ0v) is 8.77. The van der Waals surface area contributed by atoms with Gasteiger partial charge in [-0.3, -0.25) is 0 Å². The second-order valence-corrected chi connectivity index (χ2v) is 3.54. The maximum absolute atomic E-state index is 6.03. The summed E-state index contributed by atoms with van der Waals surface area (Å²) in [5.74, 6) is 0. The molecule has 0 spiro atoms. The number of H-pyrrole nitrogens is 1. The van der Waals surface area contributed by atoms with Gasteiger partial charge in [-0.1, -0.05) is 23.7 Å². The number of nitrogens with one attached hydrogen (secondary N) is 1. The fraction of sp³-hybridized carbons (Fsp3) is 0.273. The van der Waals surface area contributed by atoms with Crippen molar-refractivity contribution >= 4 is 22.5 Å². The molecule has 0 aliphatic heterocycles. The Hall–Kier alpha value is -0.990. The van der Waals surface area contributed by atoms with Crippen molar-refractivity contribution in [3.05, 3.63) is 35.0 Å². The number of ether oxygens (including phenoxy) is 1. The number of rotatable bonds is 3. The highest BCUT2D eigenvalue weighted by Gasteiger charge is 2.02. The summed E-state index contributed by atoms with van der Waals surface area (Å²) in [5.41, 5.74) is 2.05.